The van der Waals surface area contributed by atoms with Crippen LogP contribution in [0.4, 0.5) is 0 Å². The van der Waals surface area contributed by atoms with E-state index in [1.54, 1.807) is 5.57 Å². The molecule has 1 N–H and O–H groups in total. The quantitative estimate of drug-likeness (QED) is 0.857. The van der Waals surface area contributed by atoms with Gasteiger partial charge in [0.2, 0.25) is 5.91 Å². The number of piperazine rings is 1. The van der Waals surface area contributed by atoms with Crippen molar-refractivity contribution < 1.29 is 4.79 Å². The molecule has 1 amide bonds. The highest BCUT2D eigenvalue weighted by Gasteiger charge is 2.58. The molecule has 4 heteroatoms. The smallest absolute Gasteiger partial charge is 0.222 e. The highest BCUT2D eigenvalue weighted by Crippen LogP contribution is 2.60. The van der Waals surface area contributed by atoms with Gasteiger partial charge in [-0.05, 0) is 42.9 Å². The number of allylic oxidation sites excluding steroid dienone is 1. The highest BCUT2D eigenvalue weighted by molar-refractivity contribution is 5.76. The minimum absolute atomic E-state index is 0.303. The first kappa shape index (κ1) is 18.1. The standard InChI is InChI=1S/C24H31N3O/c28-23(11-6-19-4-2-1-3-5-19)27-14-12-26(13-15-27)22-9-7-20(8-10-22)24-16-21(24)17-25-18-24/h1-5,7-9,21-22,25H,6,10-18H2. The molecule has 5 rings (SSSR count). The van der Waals surface area contributed by atoms with Gasteiger partial charge in [-0.1, -0.05) is 48.6 Å². The zero-order valence-corrected chi connectivity index (χ0v) is 16.6. The van der Waals surface area contributed by atoms with Crippen LogP contribution < -0.4 is 5.32 Å². The van der Waals surface area contributed by atoms with Gasteiger partial charge in [0.05, 0.1) is 0 Å². The fourth-order valence-corrected chi connectivity index (χ4v) is 5.40. The SMILES string of the molecule is O=C(CCc1ccccc1)N1CCN(C2C=CC(C34CNCC3C4)=CC2)CC1. The fraction of sp³-hybridized carbons (Fsp3) is 0.542. The number of rotatable bonds is 5. The summed E-state index contributed by atoms with van der Waals surface area (Å²) in [6.07, 6.45) is 11.3. The molecule has 3 fully saturated rings. The number of nitrogens with one attached hydrogen (secondary N) is 1. The lowest BCUT2D eigenvalue weighted by Gasteiger charge is -2.39. The lowest BCUT2D eigenvalue weighted by molar-refractivity contribution is -0.133. The Kier molecular flexibility index (Phi) is 4.85. The number of fused-ring (bicyclic) bond motifs is 1. The summed E-state index contributed by atoms with van der Waals surface area (Å²) in [5.74, 6) is 1.18. The van der Waals surface area contributed by atoms with Crippen molar-refractivity contribution in [3.8, 4) is 0 Å². The van der Waals surface area contributed by atoms with E-state index in [0.717, 1.165) is 44.9 Å². The number of piperidine rings is 1. The predicted octanol–water partition coefficient (Wildman–Crippen LogP) is 2.63. The van der Waals surface area contributed by atoms with Crippen LogP contribution in [0.1, 0.15) is 24.8 Å². The highest BCUT2D eigenvalue weighted by atomic mass is 16.2. The second-order valence-corrected chi connectivity index (χ2v) is 8.91. The molecule has 4 nitrogen and oxygen atoms in total. The van der Waals surface area contributed by atoms with Crippen LogP contribution in [0.25, 0.3) is 0 Å². The van der Waals surface area contributed by atoms with Gasteiger partial charge in [-0.25, -0.2) is 0 Å². The molecule has 1 aromatic carbocycles. The van der Waals surface area contributed by atoms with Crippen LogP contribution in [-0.4, -0.2) is 61.0 Å². The minimum Gasteiger partial charge on any atom is -0.340 e. The summed E-state index contributed by atoms with van der Waals surface area (Å²) in [6.45, 7) is 6.08. The Hall–Kier alpha value is -1.91. The molecule has 3 atom stereocenters. The van der Waals surface area contributed by atoms with Gasteiger partial charge in [0.1, 0.15) is 0 Å². The van der Waals surface area contributed by atoms with Crippen LogP contribution in [0.5, 0.6) is 0 Å². The van der Waals surface area contributed by atoms with Gasteiger partial charge in [0, 0.05) is 50.6 Å². The Labute approximate surface area is 168 Å². The fourth-order valence-electron chi connectivity index (χ4n) is 5.40. The molecule has 2 heterocycles. The van der Waals surface area contributed by atoms with Crippen LogP contribution in [-0.2, 0) is 11.2 Å². The number of hydrogen-bond acceptors (Lipinski definition) is 3. The molecule has 0 aromatic heterocycles. The molecule has 0 spiro atoms. The molecule has 1 saturated carbocycles. The van der Waals surface area contributed by atoms with Crippen LogP contribution in [0.3, 0.4) is 0 Å². The monoisotopic (exact) mass is 377 g/mol. The van der Waals surface area contributed by atoms with Crippen molar-refractivity contribution >= 4 is 5.91 Å². The minimum atomic E-state index is 0.303. The number of aryl methyl sites for hydroxylation is 1. The Balaban J connectivity index is 1.09. The average Bonchev–Trinajstić information content (AvgIpc) is 3.33. The predicted molar refractivity (Wildman–Crippen MR) is 112 cm³/mol. The molecule has 0 bridgehead atoms. The molecule has 2 aliphatic heterocycles. The molecule has 28 heavy (non-hydrogen) atoms. The molecule has 2 saturated heterocycles. The summed E-state index contributed by atoms with van der Waals surface area (Å²) in [6, 6.07) is 10.8. The first-order valence-electron chi connectivity index (χ1n) is 10.9. The van der Waals surface area contributed by atoms with Crippen LogP contribution in [0.2, 0.25) is 0 Å². The van der Waals surface area contributed by atoms with E-state index in [1.807, 2.05) is 18.2 Å². The van der Waals surface area contributed by atoms with Crippen molar-refractivity contribution in [3.05, 3.63) is 59.7 Å². The van der Waals surface area contributed by atoms with Gasteiger partial charge in [0.25, 0.3) is 0 Å². The average molecular weight is 378 g/mol. The summed E-state index contributed by atoms with van der Waals surface area (Å²) in [5, 5.41) is 3.55. The maximum Gasteiger partial charge on any atom is 0.222 e. The summed E-state index contributed by atoms with van der Waals surface area (Å²) in [5.41, 5.74) is 3.30. The number of benzene rings is 1. The maximum absolute atomic E-state index is 12.6. The molecule has 4 aliphatic rings. The van der Waals surface area contributed by atoms with E-state index >= 15 is 0 Å². The lowest BCUT2D eigenvalue weighted by Crippen LogP contribution is -2.51. The van der Waals surface area contributed by atoms with Gasteiger partial charge in [-0.2, -0.15) is 0 Å². The van der Waals surface area contributed by atoms with Crippen molar-refractivity contribution in [1.82, 2.24) is 15.1 Å². The molecule has 1 aromatic rings. The van der Waals surface area contributed by atoms with Gasteiger partial charge < -0.3 is 10.2 Å². The molecular formula is C24H31N3O. The third kappa shape index (κ3) is 3.44. The van der Waals surface area contributed by atoms with E-state index in [4.69, 9.17) is 0 Å². The molecule has 0 radical (unpaired) electrons. The van der Waals surface area contributed by atoms with Crippen molar-refractivity contribution in [3.63, 3.8) is 0 Å². The first-order chi connectivity index (χ1) is 13.7. The van der Waals surface area contributed by atoms with Crippen molar-refractivity contribution in [2.75, 3.05) is 39.3 Å². The van der Waals surface area contributed by atoms with Gasteiger partial charge in [0.15, 0.2) is 0 Å². The molecule has 2 aliphatic carbocycles. The summed E-state index contributed by atoms with van der Waals surface area (Å²) < 4.78 is 0. The van der Waals surface area contributed by atoms with Crippen LogP contribution >= 0.6 is 0 Å². The largest absolute Gasteiger partial charge is 0.340 e. The van der Waals surface area contributed by atoms with E-state index in [0.29, 0.717) is 23.8 Å². The topological polar surface area (TPSA) is 35.6 Å². The Morgan fingerprint density at radius 1 is 1.14 bits per heavy atom. The third-order valence-electron chi connectivity index (χ3n) is 7.32. The molecule has 3 unspecified atom stereocenters. The van der Waals surface area contributed by atoms with Gasteiger partial charge >= 0.3 is 0 Å². The molecule has 148 valence electrons. The van der Waals surface area contributed by atoms with Crippen molar-refractivity contribution in [2.24, 2.45) is 11.3 Å². The summed E-state index contributed by atoms with van der Waals surface area (Å²) >= 11 is 0. The second-order valence-electron chi connectivity index (χ2n) is 8.91. The van der Waals surface area contributed by atoms with Crippen molar-refractivity contribution in [1.29, 1.82) is 0 Å². The van der Waals surface area contributed by atoms with E-state index in [9.17, 15) is 4.79 Å². The van der Waals surface area contributed by atoms with Crippen LogP contribution in [0, 0.1) is 11.3 Å². The van der Waals surface area contributed by atoms with E-state index in [2.05, 4.69) is 45.5 Å². The lowest BCUT2D eigenvalue weighted by atomic mass is 9.88. The second kappa shape index (κ2) is 7.49. The van der Waals surface area contributed by atoms with Crippen LogP contribution in [0.15, 0.2) is 54.1 Å². The van der Waals surface area contributed by atoms with Crippen molar-refractivity contribution in [2.45, 2.75) is 31.7 Å². The van der Waals surface area contributed by atoms with Gasteiger partial charge in [-0.3, -0.25) is 9.69 Å². The Morgan fingerprint density at radius 3 is 2.61 bits per heavy atom. The number of nitrogens with zero attached hydrogens (tertiary/aromatic N) is 2. The normalized spacial score (nSPS) is 32.1. The first-order valence-corrected chi connectivity index (χ1v) is 10.9. The zero-order chi connectivity index (χ0) is 19.0. The molecular weight excluding hydrogens is 346 g/mol. The summed E-state index contributed by atoms with van der Waals surface area (Å²) in [4.78, 5) is 17.2. The van der Waals surface area contributed by atoms with E-state index in [1.165, 1.54) is 25.1 Å². The van der Waals surface area contributed by atoms with E-state index in [-0.39, 0.29) is 0 Å². The van der Waals surface area contributed by atoms with Gasteiger partial charge in [-0.15, -0.1) is 0 Å². The Bertz CT molecular complexity index is 778. The maximum atomic E-state index is 12.6. The zero-order valence-electron chi connectivity index (χ0n) is 16.6. The Morgan fingerprint density at radius 2 is 1.96 bits per heavy atom. The number of carbonyl (C=O) groups excluding carboxylic acids is 1. The third-order valence-corrected chi connectivity index (χ3v) is 7.32. The number of hydrogen-bond donors (Lipinski definition) is 1. The number of carbonyl (C=O) groups is 1. The summed E-state index contributed by atoms with van der Waals surface area (Å²) in [7, 11) is 0. The number of amides is 1. The van der Waals surface area contributed by atoms with E-state index < -0.39 is 0 Å².